The average molecular weight is 259 g/mol. The molecule has 4 heteroatoms. The zero-order valence-corrected chi connectivity index (χ0v) is 11.3. The molecule has 0 bridgehead atoms. The zero-order chi connectivity index (χ0) is 13.8. The van der Waals surface area contributed by atoms with Gasteiger partial charge in [-0.3, -0.25) is 4.98 Å². The van der Waals surface area contributed by atoms with Crippen LogP contribution in [0.25, 0.3) is 10.9 Å². The molecule has 0 aliphatic heterocycles. The van der Waals surface area contributed by atoms with Crippen molar-refractivity contribution in [3.05, 3.63) is 41.6 Å². The first-order valence-corrected chi connectivity index (χ1v) is 6.17. The van der Waals surface area contributed by atoms with Crippen LogP contribution in [-0.4, -0.2) is 30.8 Å². The lowest BCUT2D eigenvalue weighted by Crippen LogP contribution is -2.17. The van der Waals surface area contributed by atoms with Gasteiger partial charge in [0, 0.05) is 18.2 Å². The fourth-order valence-corrected chi connectivity index (χ4v) is 1.70. The maximum Gasteiger partial charge on any atom is 0.338 e. The third-order valence-corrected chi connectivity index (χ3v) is 2.92. The molecule has 0 saturated heterocycles. The number of carbonyl (C=O) groups excluding carboxylic acids is 1. The van der Waals surface area contributed by atoms with Crippen molar-refractivity contribution < 1.29 is 14.3 Å². The number of pyridine rings is 1. The van der Waals surface area contributed by atoms with Crippen LogP contribution in [0.15, 0.2) is 30.3 Å². The number of aromatic nitrogens is 1. The predicted molar refractivity (Wildman–Crippen MR) is 73.2 cm³/mol. The summed E-state index contributed by atoms with van der Waals surface area (Å²) >= 11 is 0. The highest BCUT2D eigenvalue weighted by Gasteiger charge is 2.10. The Morgan fingerprint density at radius 2 is 2.11 bits per heavy atom. The topological polar surface area (TPSA) is 48.4 Å². The van der Waals surface area contributed by atoms with Gasteiger partial charge in [0.1, 0.15) is 6.61 Å². The Labute approximate surface area is 112 Å². The van der Waals surface area contributed by atoms with Crippen molar-refractivity contribution in [2.24, 2.45) is 0 Å². The number of esters is 1. The molecule has 0 radical (unpaired) electrons. The average Bonchev–Trinajstić information content (AvgIpc) is 2.43. The Kier molecular flexibility index (Phi) is 4.12. The van der Waals surface area contributed by atoms with Gasteiger partial charge in [0.05, 0.1) is 17.2 Å². The van der Waals surface area contributed by atoms with Gasteiger partial charge in [-0.1, -0.05) is 6.07 Å². The number of hydrogen-bond donors (Lipinski definition) is 0. The van der Waals surface area contributed by atoms with Crippen LogP contribution < -0.4 is 0 Å². The van der Waals surface area contributed by atoms with Gasteiger partial charge in [-0.05, 0) is 38.1 Å². The van der Waals surface area contributed by atoms with Gasteiger partial charge in [0.2, 0.25) is 0 Å². The van der Waals surface area contributed by atoms with E-state index in [4.69, 9.17) is 9.47 Å². The Balaban J connectivity index is 2.16. The molecule has 0 spiro atoms. The zero-order valence-electron chi connectivity index (χ0n) is 11.3. The minimum absolute atomic E-state index is 0.103. The first-order valence-electron chi connectivity index (χ1n) is 6.17. The number of rotatable bonds is 4. The molecule has 1 atom stereocenters. The minimum atomic E-state index is -0.341. The lowest BCUT2D eigenvalue weighted by molar-refractivity contribution is 0.0169. The molecule has 1 aromatic carbocycles. The standard InChI is InChI=1S/C15H17NO3/c1-10-4-5-12-8-13(6-7-14(12)16-10)15(17)19-9-11(2)18-3/h4-8,11H,9H2,1-3H3. The van der Waals surface area contributed by atoms with Gasteiger partial charge in [0.25, 0.3) is 0 Å². The van der Waals surface area contributed by atoms with Crippen molar-refractivity contribution in [2.75, 3.05) is 13.7 Å². The van der Waals surface area contributed by atoms with Crippen molar-refractivity contribution in [1.29, 1.82) is 0 Å². The van der Waals surface area contributed by atoms with E-state index in [0.29, 0.717) is 5.56 Å². The highest BCUT2D eigenvalue weighted by molar-refractivity contribution is 5.94. The highest BCUT2D eigenvalue weighted by atomic mass is 16.6. The van der Waals surface area contributed by atoms with Gasteiger partial charge >= 0.3 is 5.97 Å². The van der Waals surface area contributed by atoms with Crippen LogP contribution in [0.3, 0.4) is 0 Å². The molecule has 2 aromatic rings. The van der Waals surface area contributed by atoms with E-state index in [0.717, 1.165) is 16.6 Å². The van der Waals surface area contributed by atoms with Crippen molar-refractivity contribution in [1.82, 2.24) is 4.98 Å². The predicted octanol–water partition coefficient (Wildman–Crippen LogP) is 2.73. The van der Waals surface area contributed by atoms with E-state index in [1.165, 1.54) is 0 Å². The molecule has 0 saturated carbocycles. The summed E-state index contributed by atoms with van der Waals surface area (Å²) in [5.41, 5.74) is 2.36. The van der Waals surface area contributed by atoms with E-state index < -0.39 is 0 Å². The quantitative estimate of drug-likeness (QED) is 0.792. The smallest absolute Gasteiger partial charge is 0.338 e. The number of benzene rings is 1. The van der Waals surface area contributed by atoms with Crippen LogP contribution >= 0.6 is 0 Å². The summed E-state index contributed by atoms with van der Waals surface area (Å²) < 4.78 is 10.2. The van der Waals surface area contributed by atoms with Gasteiger partial charge < -0.3 is 9.47 Å². The summed E-state index contributed by atoms with van der Waals surface area (Å²) in [6.07, 6.45) is -0.103. The number of aryl methyl sites for hydroxylation is 1. The van der Waals surface area contributed by atoms with E-state index >= 15 is 0 Å². The summed E-state index contributed by atoms with van der Waals surface area (Å²) in [6.45, 7) is 4.04. The van der Waals surface area contributed by atoms with Crippen LogP contribution in [0, 0.1) is 6.92 Å². The van der Waals surface area contributed by atoms with Crippen LogP contribution in [0.2, 0.25) is 0 Å². The molecule has 19 heavy (non-hydrogen) atoms. The van der Waals surface area contributed by atoms with Crippen LogP contribution in [-0.2, 0) is 9.47 Å². The lowest BCUT2D eigenvalue weighted by Gasteiger charge is -2.10. The first-order chi connectivity index (χ1) is 9.10. The first kappa shape index (κ1) is 13.5. The number of hydrogen-bond acceptors (Lipinski definition) is 4. The second-order valence-electron chi connectivity index (χ2n) is 4.50. The minimum Gasteiger partial charge on any atom is -0.459 e. The third-order valence-electron chi connectivity index (χ3n) is 2.92. The van der Waals surface area contributed by atoms with Crippen LogP contribution in [0.1, 0.15) is 23.0 Å². The molecule has 4 nitrogen and oxygen atoms in total. The second-order valence-corrected chi connectivity index (χ2v) is 4.50. The Morgan fingerprint density at radius 3 is 2.84 bits per heavy atom. The van der Waals surface area contributed by atoms with E-state index in [1.54, 1.807) is 19.2 Å². The Hall–Kier alpha value is -1.94. The fourth-order valence-electron chi connectivity index (χ4n) is 1.70. The van der Waals surface area contributed by atoms with Crippen molar-refractivity contribution in [2.45, 2.75) is 20.0 Å². The van der Waals surface area contributed by atoms with E-state index in [2.05, 4.69) is 4.98 Å². The Morgan fingerprint density at radius 1 is 1.32 bits per heavy atom. The summed E-state index contributed by atoms with van der Waals surface area (Å²) in [5, 5.41) is 0.930. The maximum atomic E-state index is 11.9. The molecular formula is C15H17NO3. The number of carbonyl (C=O) groups is 1. The van der Waals surface area contributed by atoms with E-state index in [1.807, 2.05) is 32.0 Å². The molecule has 0 fully saturated rings. The van der Waals surface area contributed by atoms with Gasteiger partial charge in [-0.15, -0.1) is 0 Å². The number of fused-ring (bicyclic) bond motifs is 1. The SMILES string of the molecule is COC(C)COC(=O)c1ccc2nc(C)ccc2c1. The fraction of sp³-hybridized carbons (Fsp3) is 0.333. The van der Waals surface area contributed by atoms with Crippen molar-refractivity contribution >= 4 is 16.9 Å². The van der Waals surface area contributed by atoms with Crippen molar-refractivity contribution in [3.63, 3.8) is 0 Å². The van der Waals surface area contributed by atoms with Gasteiger partial charge in [-0.25, -0.2) is 4.79 Å². The molecular weight excluding hydrogens is 242 g/mol. The van der Waals surface area contributed by atoms with E-state index in [-0.39, 0.29) is 18.7 Å². The van der Waals surface area contributed by atoms with Gasteiger partial charge in [0.15, 0.2) is 0 Å². The maximum absolute atomic E-state index is 11.9. The third kappa shape index (κ3) is 3.29. The number of nitrogens with zero attached hydrogens (tertiary/aromatic N) is 1. The molecule has 1 heterocycles. The Bertz CT molecular complexity index is 595. The number of methoxy groups -OCH3 is 1. The van der Waals surface area contributed by atoms with Crippen LogP contribution in [0.4, 0.5) is 0 Å². The highest BCUT2D eigenvalue weighted by Crippen LogP contribution is 2.15. The second kappa shape index (κ2) is 5.80. The molecule has 2 rings (SSSR count). The van der Waals surface area contributed by atoms with E-state index in [9.17, 15) is 4.79 Å². The normalized spacial score (nSPS) is 12.4. The molecule has 0 aliphatic rings. The summed E-state index contributed by atoms with van der Waals surface area (Å²) in [7, 11) is 1.59. The molecule has 100 valence electrons. The molecule has 1 aromatic heterocycles. The largest absolute Gasteiger partial charge is 0.459 e. The van der Waals surface area contributed by atoms with Gasteiger partial charge in [-0.2, -0.15) is 0 Å². The van der Waals surface area contributed by atoms with Crippen LogP contribution in [0.5, 0.6) is 0 Å². The molecule has 0 amide bonds. The summed E-state index contributed by atoms with van der Waals surface area (Å²) in [5.74, 6) is -0.341. The lowest BCUT2D eigenvalue weighted by atomic mass is 10.1. The summed E-state index contributed by atoms with van der Waals surface area (Å²) in [6, 6.07) is 9.23. The molecule has 1 unspecified atom stereocenters. The molecule has 0 aliphatic carbocycles. The summed E-state index contributed by atoms with van der Waals surface area (Å²) in [4.78, 5) is 16.3. The monoisotopic (exact) mass is 259 g/mol. The molecule has 0 N–H and O–H groups in total. The number of ether oxygens (including phenoxy) is 2. The van der Waals surface area contributed by atoms with Crippen molar-refractivity contribution in [3.8, 4) is 0 Å².